The maximum Gasteiger partial charge on any atom is 0.315 e. The number of halogens is 3. The molecule has 2 aliphatic rings. The van der Waals surface area contributed by atoms with Gasteiger partial charge in [0.25, 0.3) is 0 Å². The number of hydrogen-bond donors (Lipinski definition) is 1. The van der Waals surface area contributed by atoms with Crippen LogP contribution in [0.25, 0.3) is 0 Å². The maximum atomic E-state index is 13.8. The van der Waals surface area contributed by atoms with Gasteiger partial charge in [-0.1, -0.05) is 17.7 Å². The zero-order chi connectivity index (χ0) is 22.3. The molecule has 0 spiro atoms. The number of hydrogen-bond acceptors (Lipinski definition) is 5. The first kappa shape index (κ1) is 21.0. The first-order valence-electron chi connectivity index (χ1n) is 9.58. The second-order valence-corrected chi connectivity index (χ2v) is 7.82. The molecular weight excluding hydrogens is 432 g/mol. The molecule has 0 bridgehead atoms. The largest absolute Gasteiger partial charge is 0.426 e. The lowest BCUT2D eigenvalue weighted by atomic mass is 10.1. The minimum atomic E-state index is -0.859. The molecule has 0 aliphatic carbocycles. The van der Waals surface area contributed by atoms with Gasteiger partial charge in [-0.15, -0.1) is 0 Å². The monoisotopic (exact) mass is 449 g/mol. The average molecular weight is 450 g/mol. The fraction of sp³-hybridized carbons (Fsp3) is 0.286. The van der Waals surface area contributed by atoms with Gasteiger partial charge in [0, 0.05) is 48.7 Å². The van der Waals surface area contributed by atoms with Gasteiger partial charge in [0.05, 0.1) is 6.42 Å². The molecule has 2 aliphatic heterocycles. The Labute approximate surface area is 181 Å². The molecule has 1 saturated heterocycles. The first-order chi connectivity index (χ1) is 14.7. The maximum absolute atomic E-state index is 13.8. The minimum absolute atomic E-state index is 0.173. The van der Waals surface area contributed by atoms with Gasteiger partial charge in [-0.05, 0) is 25.1 Å². The van der Waals surface area contributed by atoms with Crippen LogP contribution in [0.15, 0.2) is 30.3 Å². The molecule has 2 amide bonds. The van der Waals surface area contributed by atoms with E-state index in [1.54, 1.807) is 24.0 Å². The van der Waals surface area contributed by atoms with Crippen molar-refractivity contribution in [3.63, 3.8) is 0 Å². The molecule has 2 aromatic carbocycles. The van der Waals surface area contributed by atoms with Crippen LogP contribution >= 0.6 is 11.6 Å². The Morgan fingerprint density at radius 2 is 1.87 bits per heavy atom. The second kappa shape index (κ2) is 8.14. The Hall–Kier alpha value is -3.20. The predicted molar refractivity (Wildman–Crippen MR) is 109 cm³/mol. The van der Waals surface area contributed by atoms with Crippen LogP contribution in [0.2, 0.25) is 5.02 Å². The summed E-state index contributed by atoms with van der Waals surface area (Å²) in [5, 5.41) is 1.95. The average Bonchev–Trinajstić information content (AvgIpc) is 3.10. The lowest BCUT2D eigenvalue weighted by molar-refractivity contribution is -0.143. The van der Waals surface area contributed by atoms with E-state index in [9.17, 15) is 23.2 Å². The van der Waals surface area contributed by atoms with E-state index >= 15 is 0 Å². The normalized spacial score (nSPS) is 17.9. The van der Waals surface area contributed by atoms with E-state index < -0.39 is 28.5 Å². The number of ether oxygens (including phenoxy) is 1. The zero-order valence-corrected chi connectivity index (χ0v) is 17.2. The molecule has 10 heteroatoms. The number of carbonyl (C=O) groups is 3. The number of benzene rings is 2. The van der Waals surface area contributed by atoms with E-state index in [1.807, 2.05) is 0 Å². The third-order valence-corrected chi connectivity index (χ3v) is 5.65. The van der Waals surface area contributed by atoms with Gasteiger partial charge in [-0.25, -0.2) is 8.78 Å². The SMILES string of the molecule is C[C@@H]1CN(C(=O)C(=O)Nc2ccc3c(c2)OC(=O)C3)CCN1c1cc(F)c(Cl)c(F)c1. The number of esters is 1. The van der Waals surface area contributed by atoms with Gasteiger partial charge in [-0.3, -0.25) is 14.4 Å². The van der Waals surface area contributed by atoms with Crippen molar-refractivity contribution in [2.75, 3.05) is 29.9 Å². The summed E-state index contributed by atoms with van der Waals surface area (Å²) in [7, 11) is 0. The molecule has 2 heterocycles. The Kier molecular flexibility index (Phi) is 5.53. The molecule has 1 atom stereocenters. The van der Waals surface area contributed by atoms with E-state index in [2.05, 4.69) is 5.32 Å². The molecule has 7 nitrogen and oxygen atoms in total. The highest BCUT2D eigenvalue weighted by Gasteiger charge is 2.31. The molecule has 1 N–H and O–H groups in total. The van der Waals surface area contributed by atoms with Gasteiger partial charge < -0.3 is 19.9 Å². The highest BCUT2D eigenvalue weighted by molar-refractivity contribution is 6.39. The molecule has 0 saturated carbocycles. The van der Waals surface area contributed by atoms with E-state index in [0.717, 1.165) is 12.1 Å². The van der Waals surface area contributed by atoms with Gasteiger partial charge in [0.2, 0.25) is 0 Å². The van der Waals surface area contributed by atoms with Gasteiger partial charge in [0.15, 0.2) is 0 Å². The van der Waals surface area contributed by atoms with Gasteiger partial charge in [-0.2, -0.15) is 0 Å². The number of fused-ring (bicyclic) bond motifs is 1. The predicted octanol–water partition coefficient (Wildman–Crippen LogP) is 2.76. The third kappa shape index (κ3) is 4.18. The lowest BCUT2D eigenvalue weighted by Gasteiger charge is -2.41. The Morgan fingerprint density at radius 3 is 2.55 bits per heavy atom. The van der Waals surface area contributed by atoms with Crippen LogP contribution in [0.3, 0.4) is 0 Å². The summed E-state index contributed by atoms with van der Waals surface area (Å²) in [4.78, 5) is 39.5. The molecule has 0 radical (unpaired) electrons. The number of anilines is 2. The number of nitrogens with one attached hydrogen (secondary N) is 1. The van der Waals surface area contributed by atoms with E-state index in [4.69, 9.17) is 16.3 Å². The second-order valence-electron chi connectivity index (χ2n) is 7.44. The third-order valence-electron chi connectivity index (χ3n) is 5.29. The molecular formula is C21H18ClF2N3O4. The minimum Gasteiger partial charge on any atom is -0.426 e. The van der Waals surface area contributed by atoms with Crippen molar-refractivity contribution < 1.29 is 27.9 Å². The van der Waals surface area contributed by atoms with Gasteiger partial charge in [0.1, 0.15) is 22.4 Å². The van der Waals surface area contributed by atoms with Crippen LogP contribution < -0.4 is 15.0 Å². The van der Waals surface area contributed by atoms with E-state index in [-0.39, 0.29) is 38.1 Å². The smallest absolute Gasteiger partial charge is 0.315 e. The van der Waals surface area contributed by atoms with Crippen LogP contribution in [0.4, 0.5) is 20.2 Å². The van der Waals surface area contributed by atoms with Crippen molar-refractivity contribution >= 4 is 40.8 Å². The summed E-state index contributed by atoms with van der Waals surface area (Å²) >= 11 is 5.54. The molecule has 31 heavy (non-hydrogen) atoms. The van der Waals surface area contributed by atoms with Crippen molar-refractivity contribution in [2.45, 2.75) is 19.4 Å². The molecule has 4 rings (SSSR count). The number of amides is 2. The van der Waals surface area contributed by atoms with Gasteiger partial charge >= 0.3 is 17.8 Å². The summed E-state index contributed by atoms with van der Waals surface area (Å²) in [5.41, 5.74) is 1.37. The van der Waals surface area contributed by atoms with E-state index in [1.165, 1.54) is 11.0 Å². The number of nitrogens with zero attached hydrogens (tertiary/aromatic N) is 2. The molecule has 1 fully saturated rings. The van der Waals surface area contributed by atoms with Crippen LogP contribution in [0.5, 0.6) is 5.75 Å². The summed E-state index contributed by atoms with van der Waals surface area (Å²) in [5.74, 6) is -3.28. The van der Waals surface area contributed by atoms with Crippen LogP contribution in [0, 0.1) is 11.6 Å². The fourth-order valence-electron chi connectivity index (χ4n) is 3.75. The highest BCUT2D eigenvalue weighted by atomic mass is 35.5. The fourth-order valence-corrected chi connectivity index (χ4v) is 3.86. The van der Waals surface area contributed by atoms with Crippen molar-refractivity contribution in [1.29, 1.82) is 0 Å². The van der Waals surface area contributed by atoms with Crippen LogP contribution in [-0.2, 0) is 20.8 Å². The highest BCUT2D eigenvalue weighted by Crippen LogP contribution is 2.30. The molecule has 0 unspecified atom stereocenters. The van der Waals surface area contributed by atoms with E-state index in [0.29, 0.717) is 22.7 Å². The number of piperazine rings is 1. The Bertz CT molecular complexity index is 1070. The quantitative estimate of drug-likeness (QED) is 0.330. The topological polar surface area (TPSA) is 79.0 Å². The number of rotatable bonds is 2. The molecule has 162 valence electrons. The lowest BCUT2D eigenvalue weighted by Crippen LogP contribution is -2.55. The number of carbonyl (C=O) groups excluding carboxylic acids is 3. The van der Waals surface area contributed by atoms with Crippen molar-refractivity contribution in [1.82, 2.24) is 4.90 Å². The van der Waals surface area contributed by atoms with Crippen LogP contribution in [0.1, 0.15) is 12.5 Å². The summed E-state index contributed by atoms with van der Waals surface area (Å²) < 4.78 is 32.6. The standard InChI is InChI=1S/C21H18ClF2N3O4/c1-11-10-26(4-5-27(11)14-8-15(23)19(22)16(24)9-14)21(30)20(29)25-13-3-2-12-6-18(28)31-17(12)7-13/h2-3,7-9,11H,4-6,10H2,1H3,(H,25,29)/t11-/m1/s1. The molecule has 0 aromatic heterocycles. The molecule has 2 aromatic rings. The Balaban J connectivity index is 1.40. The summed E-state index contributed by atoms with van der Waals surface area (Å²) in [6.45, 7) is 2.47. The Morgan fingerprint density at radius 1 is 1.16 bits per heavy atom. The van der Waals surface area contributed by atoms with Crippen LogP contribution in [-0.4, -0.2) is 48.4 Å². The zero-order valence-electron chi connectivity index (χ0n) is 16.5. The van der Waals surface area contributed by atoms with Crippen molar-refractivity contribution in [3.05, 3.63) is 52.6 Å². The van der Waals surface area contributed by atoms with Crippen molar-refractivity contribution in [2.24, 2.45) is 0 Å². The first-order valence-corrected chi connectivity index (χ1v) is 9.96. The summed E-state index contributed by atoms with van der Waals surface area (Å²) in [6.07, 6.45) is 0.173. The van der Waals surface area contributed by atoms with Crippen molar-refractivity contribution in [3.8, 4) is 5.75 Å². The summed E-state index contributed by atoms with van der Waals surface area (Å²) in [6, 6.07) is 6.75.